The lowest BCUT2D eigenvalue weighted by molar-refractivity contribution is -0.145. The van der Waals surface area contributed by atoms with Gasteiger partial charge in [-0.05, 0) is 31.0 Å². The average molecular weight is 249 g/mol. The molecule has 1 rings (SSSR count). The SMILES string of the molecule is CCc1cccc(N(CC)C(=O)COC(C)=O)c1. The molecule has 4 nitrogen and oxygen atoms in total. The normalized spacial score (nSPS) is 9.94. The standard InChI is InChI=1S/C14H19NO3/c1-4-12-7-6-8-13(9-12)15(5-2)14(17)10-18-11(3)16/h6-9H,4-5,10H2,1-3H3. The molecule has 0 spiro atoms. The fraction of sp³-hybridized carbons (Fsp3) is 0.429. The Hall–Kier alpha value is -1.84. The van der Waals surface area contributed by atoms with Gasteiger partial charge in [-0.2, -0.15) is 0 Å². The van der Waals surface area contributed by atoms with E-state index in [1.807, 2.05) is 31.2 Å². The predicted octanol–water partition coefficient (Wildman–Crippen LogP) is 2.17. The van der Waals surface area contributed by atoms with E-state index in [-0.39, 0.29) is 12.5 Å². The van der Waals surface area contributed by atoms with Crippen molar-refractivity contribution < 1.29 is 14.3 Å². The molecular formula is C14H19NO3. The van der Waals surface area contributed by atoms with Crippen LogP contribution in [-0.4, -0.2) is 25.0 Å². The van der Waals surface area contributed by atoms with Gasteiger partial charge in [0.05, 0.1) is 0 Å². The molecule has 0 aromatic heterocycles. The molecular weight excluding hydrogens is 230 g/mol. The van der Waals surface area contributed by atoms with Crippen molar-refractivity contribution in [2.75, 3.05) is 18.1 Å². The number of carbonyl (C=O) groups excluding carboxylic acids is 2. The maximum absolute atomic E-state index is 11.9. The van der Waals surface area contributed by atoms with Crippen LogP contribution in [0.3, 0.4) is 0 Å². The maximum Gasteiger partial charge on any atom is 0.303 e. The summed E-state index contributed by atoms with van der Waals surface area (Å²) >= 11 is 0. The lowest BCUT2D eigenvalue weighted by Gasteiger charge is -2.21. The number of hydrogen-bond acceptors (Lipinski definition) is 3. The van der Waals surface area contributed by atoms with Gasteiger partial charge >= 0.3 is 5.97 Å². The van der Waals surface area contributed by atoms with Crippen LogP contribution < -0.4 is 4.90 Å². The van der Waals surface area contributed by atoms with Crippen LogP contribution in [0.1, 0.15) is 26.3 Å². The number of aryl methyl sites for hydroxylation is 1. The van der Waals surface area contributed by atoms with Crippen molar-refractivity contribution in [3.05, 3.63) is 29.8 Å². The van der Waals surface area contributed by atoms with Crippen LogP contribution in [0.5, 0.6) is 0 Å². The highest BCUT2D eigenvalue weighted by Crippen LogP contribution is 2.16. The van der Waals surface area contributed by atoms with Crippen LogP contribution in [0.2, 0.25) is 0 Å². The number of ether oxygens (including phenoxy) is 1. The monoisotopic (exact) mass is 249 g/mol. The van der Waals surface area contributed by atoms with Gasteiger partial charge in [-0.25, -0.2) is 0 Å². The van der Waals surface area contributed by atoms with Gasteiger partial charge in [0.15, 0.2) is 6.61 Å². The number of carbonyl (C=O) groups is 2. The summed E-state index contributed by atoms with van der Waals surface area (Å²) in [6, 6.07) is 7.81. The summed E-state index contributed by atoms with van der Waals surface area (Å²) in [6.07, 6.45) is 0.920. The Bertz CT molecular complexity index is 429. The van der Waals surface area contributed by atoms with Gasteiger partial charge in [-0.15, -0.1) is 0 Å². The number of hydrogen-bond donors (Lipinski definition) is 0. The molecule has 4 heteroatoms. The predicted molar refractivity (Wildman–Crippen MR) is 70.5 cm³/mol. The Balaban J connectivity index is 2.81. The van der Waals surface area contributed by atoms with Crippen molar-refractivity contribution in [3.63, 3.8) is 0 Å². The van der Waals surface area contributed by atoms with Crippen molar-refractivity contribution in [1.82, 2.24) is 0 Å². The highest BCUT2D eigenvalue weighted by atomic mass is 16.5. The lowest BCUT2D eigenvalue weighted by atomic mass is 10.1. The first kappa shape index (κ1) is 14.2. The van der Waals surface area contributed by atoms with Crippen molar-refractivity contribution >= 4 is 17.6 Å². The minimum absolute atomic E-state index is 0.207. The third-order valence-electron chi connectivity index (χ3n) is 2.65. The largest absolute Gasteiger partial charge is 0.456 e. The van der Waals surface area contributed by atoms with Gasteiger partial charge < -0.3 is 9.64 Å². The first-order valence-corrected chi connectivity index (χ1v) is 6.11. The lowest BCUT2D eigenvalue weighted by Crippen LogP contribution is -2.34. The number of nitrogens with zero attached hydrogens (tertiary/aromatic N) is 1. The molecule has 0 bridgehead atoms. The number of benzene rings is 1. The second kappa shape index (κ2) is 6.79. The summed E-state index contributed by atoms with van der Waals surface area (Å²) in [6.45, 7) is 5.59. The van der Waals surface area contributed by atoms with E-state index in [2.05, 4.69) is 6.92 Å². The average Bonchev–Trinajstić information content (AvgIpc) is 2.37. The molecule has 0 aliphatic rings. The van der Waals surface area contributed by atoms with E-state index in [0.29, 0.717) is 6.54 Å². The molecule has 0 N–H and O–H groups in total. The van der Waals surface area contributed by atoms with E-state index in [0.717, 1.165) is 12.1 Å². The van der Waals surface area contributed by atoms with E-state index in [1.54, 1.807) is 4.90 Å². The minimum Gasteiger partial charge on any atom is -0.456 e. The van der Waals surface area contributed by atoms with E-state index in [1.165, 1.54) is 12.5 Å². The van der Waals surface area contributed by atoms with Gasteiger partial charge in [-0.3, -0.25) is 9.59 Å². The summed E-state index contributed by atoms with van der Waals surface area (Å²) in [5.41, 5.74) is 2.01. The van der Waals surface area contributed by atoms with Gasteiger partial charge in [0.1, 0.15) is 0 Å². The molecule has 1 aromatic carbocycles. The highest BCUT2D eigenvalue weighted by Gasteiger charge is 2.15. The van der Waals surface area contributed by atoms with E-state index in [9.17, 15) is 9.59 Å². The van der Waals surface area contributed by atoms with Gasteiger partial charge in [0.25, 0.3) is 5.91 Å². The third kappa shape index (κ3) is 3.87. The molecule has 0 aliphatic heterocycles. The molecule has 0 aliphatic carbocycles. The van der Waals surface area contributed by atoms with Crippen LogP contribution in [0.25, 0.3) is 0 Å². The zero-order valence-corrected chi connectivity index (χ0v) is 11.1. The topological polar surface area (TPSA) is 46.6 Å². The fourth-order valence-electron chi connectivity index (χ4n) is 1.69. The summed E-state index contributed by atoms with van der Waals surface area (Å²) in [7, 11) is 0. The molecule has 98 valence electrons. The van der Waals surface area contributed by atoms with Crippen LogP contribution >= 0.6 is 0 Å². The number of esters is 1. The second-order valence-electron chi connectivity index (χ2n) is 3.94. The van der Waals surface area contributed by atoms with E-state index in [4.69, 9.17) is 4.74 Å². The van der Waals surface area contributed by atoms with Gasteiger partial charge in [0, 0.05) is 19.2 Å². The van der Waals surface area contributed by atoms with Crippen LogP contribution in [-0.2, 0) is 20.7 Å². The van der Waals surface area contributed by atoms with E-state index < -0.39 is 5.97 Å². The Kier molecular flexibility index (Phi) is 5.36. The number of likely N-dealkylation sites (N-methyl/N-ethyl adjacent to an activating group) is 1. The molecule has 0 radical (unpaired) electrons. The van der Waals surface area contributed by atoms with Crippen molar-refractivity contribution in [3.8, 4) is 0 Å². The third-order valence-corrected chi connectivity index (χ3v) is 2.65. The van der Waals surface area contributed by atoms with E-state index >= 15 is 0 Å². The zero-order chi connectivity index (χ0) is 13.5. The molecule has 1 aromatic rings. The minimum atomic E-state index is -0.443. The molecule has 18 heavy (non-hydrogen) atoms. The molecule has 0 atom stereocenters. The molecule has 0 saturated heterocycles. The molecule has 0 saturated carbocycles. The Morgan fingerprint density at radius 2 is 2.00 bits per heavy atom. The highest BCUT2D eigenvalue weighted by molar-refractivity contribution is 5.95. The summed E-state index contributed by atoms with van der Waals surface area (Å²) in [5, 5.41) is 0. The fourth-order valence-corrected chi connectivity index (χ4v) is 1.69. The van der Waals surface area contributed by atoms with Gasteiger partial charge in [0.2, 0.25) is 0 Å². The van der Waals surface area contributed by atoms with Crippen LogP contribution in [0, 0.1) is 0 Å². The zero-order valence-electron chi connectivity index (χ0n) is 11.1. The number of amides is 1. The Labute approximate surface area is 108 Å². The first-order valence-electron chi connectivity index (χ1n) is 6.11. The van der Waals surface area contributed by atoms with Crippen molar-refractivity contribution in [2.45, 2.75) is 27.2 Å². The maximum atomic E-state index is 11.9. The quantitative estimate of drug-likeness (QED) is 0.751. The second-order valence-corrected chi connectivity index (χ2v) is 3.94. The van der Waals surface area contributed by atoms with Crippen molar-refractivity contribution in [1.29, 1.82) is 0 Å². The number of rotatable bonds is 5. The number of anilines is 1. The first-order chi connectivity index (χ1) is 8.58. The molecule has 1 amide bonds. The smallest absolute Gasteiger partial charge is 0.303 e. The van der Waals surface area contributed by atoms with Crippen LogP contribution in [0.15, 0.2) is 24.3 Å². The molecule has 0 fully saturated rings. The van der Waals surface area contributed by atoms with Crippen LogP contribution in [0.4, 0.5) is 5.69 Å². The summed E-state index contributed by atoms with van der Waals surface area (Å²) < 4.78 is 4.73. The molecule has 0 unspecified atom stereocenters. The summed E-state index contributed by atoms with van der Waals surface area (Å²) in [4.78, 5) is 24.2. The van der Waals surface area contributed by atoms with Gasteiger partial charge in [-0.1, -0.05) is 19.1 Å². The summed E-state index contributed by atoms with van der Waals surface area (Å²) in [5.74, 6) is -0.650. The Morgan fingerprint density at radius 1 is 1.28 bits per heavy atom. The molecule has 0 heterocycles. The van der Waals surface area contributed by atoms with Crippen molar-refractivity contribution in [2.24, 2.45) is 0 Å². The Morgan fingerprint density at radius 3 is 2.56 bits per heavy atom.